The first-order valence-electron chi connectivity index (χ1n) is 43.7. The molecule has 4 aromatic heterocycles. The predicted octanol–water partition coefficient (Wildman–Crippen LogP) is 18.5. The molecule has 0 spiro atoms. The third-order valence-corrected chi connectivity index (χ3v) is 33.6. The van der Waals surface area contributed by atoms with Crippen LogP contribution in [0.1, 0.15) is 238 Å². The molecule has 122 heavy (non-hydrogen) atoms. The SMILES string of the molecule is Cc1cc(C[C@H]2CCCCC/C=C\[C@@H]3C[C@@]3(C(=O)NS(=O)(=O)C3(C)CC3)CC(=O)[C@@H]3C[C@@H](Oc4cc(-c5nc(C(C)C)cs5)nc5c(C)c(C)ccc45)CN3C2=O)ccc1F.Cc1ccc(C[C@H]2CCCCC/C=C\[C@@H]3C[C@@]3(C(=O)NS(=O)(=O)C3(C)CC3)CC(=O)[C@@H]3C[C@@H](Oc4cc(-c5nc(C(C)C)cs5)nc5c(C)c(C)ccc45)CN3C2=O)cc1F. The molecule has 20 nitrogen and oxygen atoms in total. The standard InChI is InChI=1S/2C48H57FN4O6S2/c1-28(2)39-27-60-44(51-39)38-23-42(36-17-15-29(3)31(5)43(36)50-38)59-35-22-40-41(54)25-48(46(56)52-61(57,58)47(6)18-19-47)24-34(48)13-11-9-7-8-10-12-33(45(55)53(40)26-35)20-32-16-14-30(4)37(49)21-32;1-28(2)39-27-60-44(51-39)38-23-42(36-16-14-29(3)31(5)43(36)50-38)59-35-22-40-41(54)25-48(46(56)52-61(57,58)47(6)18-19-47)24-34(48)13-11-9-7-8-10-12-33(45(55)53(40)26-35)21-32-15-17-37(49)30(4)20-32/h11,13-17,21,23,27-28,33-35,40H,7-10,12,18-20,22,24-26H2,1-6H3,(H,52,56);11,13-17,20,23,27-28,33-35,40H,7-10,12,18-19,21-22,24-26H2,1-6H3,(H,52,56)/b2*13-11-/t2*33-,34-,35-,40+,48-/m11/s1. The zero-order chi connectivity index (χ0) is 86.9. The number of fused-ring (bicyclic) bond motifs is 6. The number of carbonyl (C=O) groups excluding carboxylic acids is 6. The normalized spacial score (nSPS) is 26.0. The van der Waals surface area contributed by atoms with Gasteiger partial charge in [0.25, 0.3) is 0 Å². The van der Waals surface area contributed by atoms with E-state index in [0.717, 1.165) is 122 Å². The maximum atomic E-state index is 15.0. The maximum Gasteiger partial charge on any atom is 0.240 e. The topological polar surface area (TPSA) is 271 Å². The number of aryl methyl sites for hydroxylation is 6. The van der Waals surface area contributed by atoms with Crippen molar-refractivity contribution in [3.05, 3.63) is 175 Å². The van der Waals surface area contributed by atoms with Crippen LogP contribution in [-0.2, 0) is 61.7 Å². The van der Waals surface area contributed by atoms with E-state index in [2.05, 4.69) is 37.1 Å². The number of nitrogens with one attached hydrogen (secondary N) is 2. The Hall–Kier alpha value is -8.98. The van der Waals surface area contributed by atoms with E-state index < -0.39 is 88.3 Å². The van der Waals surface area contributed by atoms with E-state index in [4.69, 9.17) is 29.4 Å². The van der Waals surface area contributed by atoms with Gasteiger partial charge < -0.3 is 19.3 Å². The van der Waals surface area contributed by atoms with Crippen molar-refractivity contribution in [2.24, 2.45) is 34.5 Å². The van der Waals surface area contributed by atoms with Crippen LogP contribution < -0.4 is 18.9 Å². The molecule has 8 heterocycles. The third-order valence-electron chi connectivity index (χ3n) is 27.5. The summed E-state index contributed by atoms with van der Waals surface area (Å²) in [5, 5.41) is 7.26. The second-order valence-corrected chi connectivity index (χ2v) is 43.4. The summed E-state index contributed by atoms with van der Waals surface area (Å²) < 4.78 is 99.1. The van der Waals surface area contributed by atoms with E-state index in [9.17, 15) is 44.8 Å². The van der Waals surface area contributed by atoms with Crippen LogP contribution in [0.3, 0.4) is 0 Å². The summed E-state index contributed by atoms with van der Waals surface area (Å²) in [4.78, 5) is 111. The van der Waals surface area contributed by atoms with E-state index in [1.54, 1.807) is 55.7 Å². The molecule has 26 heteroatoms. The number of aromatic nitrogens is 4. The van der Waals surface area contributed by atoms with Gasteiger partial charge in [-0.3, -0.25) is 38.2 Å². The number of rotatable bonds is 18. The fourth-order valence-corrected chi connectivity index (χ4v) is 22.7. The van der Waals surface area contributed by atoms with Gasteiger partial charge in [0.05, 0.1) is 67.9 Å². The lowest BCUT2D eigenvalue weighted by Crippen LogP contribution is -2.47. The maximum absolute atomic E-state index is 15.0. The van der Waals surface area contributed by atoms with Gasteiger partial charge in [0, 0.05) is 71.2 Å². The third kappa shape index (κ3) is 18.3. The number of hydrogen-bond donors (Lipinski definition) is 2. The van der Waals surface area contributed by atoms with Gasteiger partial charge in [0.2, 0.25) is 43.7 Å². The number of thiazole rings is 2. The first kappa shape index (κ1) is 87.9. The number of amides is 4. The minimum absolute atomic E-state index is 0.127. The van der Waals surface area contributed by atoms with Crippen molar-refractivity contribution in [1.29, 1.82) is 0 Å². The summed E-state index contributed by atoms with van der Waals surface area (Å²) in [5.41, 5.74) is 9.19. The van der Waals surface area contributed by atoms with Crippen LogP contribution in [0, 0.1) is 87.7 Å². The Morgan fingerprint density at radius 2 is 0.943 bits per heavy atom. The molecule has 8 aliphatic rings. The highest BCUT2D eigenvalue weighted by Crippen LogP contribution is 2.60. The van der Waals surface area contributed by atoms with E-state index in [-0.39, 0.29) is 97.5 Å². The number of benzene rings is 4. The Kier molecular flexibility index (Phi) is 25.1. The van der Waals surface area contributed by atoms with Gasteiger partial charge in [-0.2, -0.15) is 0 Å². The van der Waals surface area contributed by atoms with Crippen molar-refractivity contribution in [3.8, 4) is 32.9 Å². The molecule has 648 valence electrons. The van der Waals surface area contributed by atoms with Crippen molar-refractivity contribution < 1.29 is 63.9 Å². The average Bonchev–Trinajstić information content (AvgIpc) is 1.56. The van der Waals surface area contributed by atoms with Gasteiger partial charge in [0.15, 0.2) is 11.6 Å². The molecule has 0 radical (unpaired) electrons. The van der Waals surface area contributed by atoms with E-state index in [0.29, 0.717) is 104 Å². The molecular weight excluding hydrogens is 1620 g/mol. The van der Waals surface area contributed by atoms with Crippen LogP contribution in [-0.4, -0.2) is 129 Å². The zero-order valence-electron chi connectivity index (χ0n) is 72.1. The van der Waals surface area contributed by atoms with Crippen LogP contribution in [0.4, 0.5) is 8.78 Å². The molecule has 10 atom stereocenters. The van der Waals surface area contributed by atoms with E-state index in [1.807, 2.05) is 105 Å². The van der Waals surface area contributed by atoms with Gasteiger partial charge >= 0.3 is 0 Å². The fourth-order valence-electron chi connectivity index (χ4n) is 18.1. The summed E-state index contributed by atoms with van der Waals surface area (Å²) in [6, 6.07) is 20.1. The summed E-state index contributed by atoms with van der Waals surface area (Å²) >= 11 is 3.05. The van der Waals surface area contributed by atoms with Gasteiger partial charge in [-0.05, 0) is 238 Å². The highest BCUT2D eigenvalue weighted by atomic mass is 32.2. The smallest absolute Gasteiger partial charge is 0.240 e. The fraction of sp³-hybridized carbons (Fsp3) is 0.521. The van der Waals surface area contributed by atoms with Crippen LogP contribution in [0.5, 0.6) is 11.5 Å². The van der Waals surface area contributed by atoms with Crippen LogP contribution in [0.25, 0.3) is 43.2 Å². The molecule has 4 aromatic carbocycles. The molecule has 0 bridgehead atoms. The molecule has 16 rings (SSSR count). The number of pyridine rings is 2. The Morgan fingerprint density at radius 3 is 1.34 bits per heavy atom. The second kappa shape index (κ2) is 34.9. The summed E-state index contributed by atoms with van der Waals surface area (Å²) in [7, 11) is -7.89. The molecule has 0 unspecified atom stereocenters. The van der Waals surface area contributed by atoms with Crippen molar-refractivity contribution in [1.82, 2.24) is 39.2 Å². The minimum atomic E-state index is -3.95. The molecule has 4 aliphatic heterocycles. The van der Waals surface area contributed by atoms with E-state index >= 15 is 9.59 Å². The predicted molar refractivity (Wildman–Crippen MR) is 473 cm³/mol. The largest absolute Gasteiger partial charge is 0.488 e. The Labute approximate surface area is 723 Å². The highest BCUT2D eigenvalue weighted by molar-refractivity contribution is 7.92. The number of sulfonamides is 2. The molecule has 4 aliphatic carbocycles. The number of Topliss-reactive ketones (excluding diaryl/α,β-unsaturated/α-hetero) is 2. The molecule has 8 aromatic rings. The quantitative estimate of drug-likeness (QED) is 0.0756. The van der Waals surface area contributed by atoms with Crippen molar-refractivity contribution in [2.75, 3.05) is 13.1 Å². The van der Waals surface area contributed by atoms with Gasteiger partial charge in [0.1, 0.15) is 56.7 Å². The van der Waals surface area contributed by atoms with Crippen LogP contribution in [0.15, 0.2) is 108 Å². The number of ketones is 2. The highest BCUT2D eigenvalue weighted by Gasteiger charge is 2.65. The second-order valence-electron chi connectivity index (χ2n) is 37.3. The van der Waals surface area contributed by atoms with E-state index in [1.165, 1.54) is 34.8 Å². The lowest BCUT2D eigenvalue weighted by Gasteiger charge is -2.29. The van der Waals surface area contributed by atoms with Gasteiger partial charge in [-0.25, -0.2) is 45.6 Å². The van der Waals surface area contributed by atoms with Crippen LogP contribution in [0.2, 0.25) is 0 Å². The van der Waals surface area contributed by atoms with Gasteiger partial charge in [-0.15, -0.1) is 22.7 Å². The Balaban J connectivity index is 0.000000190. The van der Waals surface area contributed by atoms with Gasteiger partial charge in [-0.1, -0.05) is 114 Å². The minimum Gasteiger partial charge on any atom is -0.488 e. The number of ether oxygens (including phenoxy) is 2. The molecular formula is C96H114F2N8O12S4. The number of halogens is 2. The molecule has 2 N–H and O–H groups in total. The first-order chi connectivity index (χ1) is 58.0. The molecule has 2 saturated heterocycles. The monoisotopic (exact) mass is 1740 g/mol. The average molecular weight is 1740 g/mol. The lowest BCUT2D eigenvalue weighted by atomic mass is 9.89. The summed E-state index contributed by atoms with van der Waals surface area (Å²) in [6.07, 6.45) is 17.9. The lowest BCUT2D eigenvalue weighted by molar-refractivity contribution is -0.142. The first-order valence-corrected chi connectivity index (χ1v) is 48.4. The molecule has 4 saturated carbocycles. The van der Waals surface area contributed by atoms with Crippen LogP contribution >= 0.6 is 22.7 Å². The summed E-state index contributed by atoms with van der Waals surface area (Å²) in [6.45, 7) is 23.5. The van der Waals surface area contributed by atoms with Crippen molar-refractivity contribution in [2.45, 2.75) is 270 Å². The Morgan fingerprint density at radius 1 is 0.525 bits per heavy atom. The number of hydrogen-bond acceptors (Lipinski definition) is 18. The Bertz CT molecular complexity index is 5410. The number of carbonyl (C=O) groups is 6. The molecule has 4 amide bonds. The summed E-state index contributed by atoms with van der Waals surface area (Å²) in [5.74, 6) is -2.86. The number of allylic oxidation sites excluding steroid dienone is 4. The van der Waals surface area contributed by atoms with Crippen molar-refractivity contribution >= 4 is 99.7 Å². The molecule has 6 fully saturated rings. The van der Waals surface area contributed by atoms with Crippen molar-refractivity contribution in [3.63, 3.8) is 0 Å². The number of nitrogens with zero attached hydrogens (tertiary/aromatic N) is 6. The zero-order valence-corrected chi connectivity index (χ0v) is 75.4.